The highest BCUT2D eigenvalue weighted by atomic mass is 16.3. The molecule has 2 fully saturated rings. The minimum atomic E-state index is -0.0331. The van der Waals surface area contributed by atoms with E-state index in [1.807, 2.05) is 17.0 Å². The smallest absolute Gasteiger partial charge is 0.251 e. The lowest BCUT2D eigenvalue weighted by Gasteiger charge is -2.34. The summed E-state index contributed by atoms with van der Waals surface area (Å²) in [6, 6.07) is 7.78. The molecule has 1 unspecified atom stereocenters. The second-order valence-electron chi connectivity index (χ2n) is 6.90. The maximum atomic E-state index is 12.5. The number of amides is 2. The van der Waals surface area contributed by atoms with Gasteiger partial charge >= 0.3 is 0 Å². The van der Waals surface area contributed by atoms with E-state index in [1.165, 1.54) is 0 Å². The average molecular weight is 342 g/mol. The second kappa shape index (κ2) is 8.30. The minimum Gasteiger partial charge on any atom is -0.396 e. The monoisotopic (exact) mass is 342 g/mol. The Bertz CT molecular complexity index is 633. The second-order valence-corrected chi connectivity index (χ2v) is 6.90. The molecule has 1 saturated heterocycles. The number of rotatable bonds is 6. The number of carbonyl (C=O) groups is 2. The van der Waals surface area contributed by atoms with Crippen molar-refractivity contribution in [3.05, 3.63) is 41.5 Å². The molecule has 1 saturated carbocycles. The topological polar surface area (TPSA) is 69.6 Å². The van der Waals surface area contributed by atoms with Crippen LogP contribution < -0.4 is 5.32 Å². The number of benzene rings is 1. The Morgan fingerprint density at radius 1 is 1.16 bits per heavy atom. The van der Waals surface area contributed by atoms with Crippen LogP contribution in [0.5, 0.6) is 0 Å². The fourth-order valence-electron chi connectivity index (χ4n) is 3.25. The van der Waals surface area contributed by atoms with Gasteiger partial charge in [-0.2, -0.15) is 0 Å². The number of nitrogens with zero attached hydrogens (tertiary/aromatic N) is 1. The fourth-order valence-corrected chi connectivity index (χ4v) is 3.25. The lowest BCUT2D eigenvalue weighted by atomic mass is 9.99. The van der Waals surface area contributed by atoms with E-state index in [1.54, 1.807) is 24.3 Å². The Morgan fingerprint density at radius 2 is 1.92 bits per heavy atom. The third-order valence-corrected chi connectivity index (χ3v) is 4.88. The SMILES string of the molecule is O=C(NC1CC1)c1ccc(/C=C/C(=O)N2CCCCC2CCO)cc1. The number of carbonyl (C=O) groups excluding carboxylic acids is 2. The van der Waals surface area contributed by atoms with Gasteiger partial charge in [-0.3, -0.25) is 9.59 Å². The van der Waals surface area contributed by atoms with Crippen molar-refractivity contribution in [2.24, 2.45) is 0 Å². The Morgan fingerprint density at radius 3 is 2.60 bits per heavy atom. The molecule has 2 N–H and O–H groups in total. The van der Waals surface area contributed by atoms with Crippen LogP contribution in [-0.2, 0) is 4.79 Å². The van der Waals surface area contributed by atoms with Crippen molar-refractivity contribution >= 4 is 17.9 Å². The predicted molar refractivity (Wildman–Crippen MR) is 97.0 cm³/mol. The summed E-state index contributed by atoms with van der Waals surface area (Å²) in [6.45, 7) is 0.872. The van der Waals surface area contributed by atoms with E-state index >= 15 is 0 Å². The highest BCUT2D eigenvalue weighted by molar-refractivity contribution is 5.95. The van der Waals surface area contributed by atoms with Crippen LogP contribution in [-0.4, -0.2) is 47.1 Å². The highest BCUT2D eigenvalue weighted by Crippen LogP contribution is 2.21. The third-order valence-electron chi connectivity index (χ3n) is 4.88. The fraction of sp³-hybridized carbons (Fsp3) is 0.500. The average Bonchev–Trinajstić information content (AvgIpc) is 3.45. The molecule has 1 heterocycles. The van der Waals surface area contributed by atoms with Crippen molar-refractivity contribution in [2.45, 2.75) is 50.6 Å². The number of hydrogen-bond acceptors (Lipinski definition) is 3. The summed E-state index contributed by atoms with van der Waals surface area (Å²) in [5.41, 5.74) is 1.54. The molecule has 0 spiro atoms. The lowest BCUT2D eigenvalue weighted by Crippen LogP contribution is -2.43. The maximum Gasteiger partial charge on any atom is 0.251 e. The first kappa shape index (κ1) is 17.7. The van der Waals surface area contributed by atoms with E-state index in [0.29, 0.717) is 18.0 Å². The van der Waals surface area contributed by atoms with Crippen LogP contribution in [0, 0.1) is 0 Å². The standard InChI is InChI=1S/C20H26N2O3/c23-14-12-18-3-1-2-13-22(18)19(24)11-6-15-4-7-16(8-5-15)20(25)21-17-9-10-17/h4-8,11,17-18,23H,1-3,9-10,12-14H2,(H,21,25)/b11-6+. The lowest BCUT2D eigenvalue weighted by molar-refractivity contribution is -0.129. The third kappa shape index (κ3) is 4.92. The normalized spacial score (nSPS) is 20.7. The molecule has 1 aromatic rings. The van der Waals surface area contributed by atoms with Crippen molar-refractivity contribution in [1.82, 2.24) is 10.2 Å². The summed E-state index contributed by atoms with van der Waals surface area (Å²) in [4.78, 5) is 26.3. The number of likely N-dealkylation sites (tertiary alicyclic amines) is 1. The van der Waals surface area contributed by atoms with Gasteiger partial charge in [-0.15, -0.1) is 0 Å². The molecule has 0 bridgehead atoms. The van der Waals surface area contributed by atoms with Gasteiger partial charge in [-0.1, -0.05) is 12.1 Å². The van der Waals surface area contributed by atoms with Gasteiger partial charge in [0.1, 0.15) is 0 Å². The molecular formula is C20H26N2O3. The zero-order chi connectivity index (χ0) is 17.6. The Hall–Kier alpha value is -2.14. The number of aliphatic hydroxyl groups excluding tert-OH is 1. The Balaban J connectivity index is 1.58. The summed E-state index contributed by atoms with van der Waals surface area (Å²) >= 11 is 0. The molecule has 1 aromatic carbocycles. The van der Waals surface area contributed by atoms with E-state index < -0.39 is 0 Å². The number of hydrogen-bond donors (Lipinski definition) is 2. The van der Waals surface area contributed by atoms with Gasteiger partial charge in [0.05, 0.1) is 0 Å². The molecule has 25 heavy (non-hydrogen) atoms. The van der Waals surface area contributed by atoms with Crippen LogP contribution in [0.25, 0.3) is 6.08 Å². The van der Waals surface area contributed by atoms with Crippen molar-refractivity contribution in [2.75, 3.05) is 13.2 Å². The van der Waals surface area contributed by atoms with Gasteiger partial charge < -0.3 is 15.3 Å². The maximum absolute atomic E-state index is 12.5. The molecule has 1 atom stereocenters. The quantitative estimate of drug-likeness (QED) is 0.780. The Kier molecular flexibility index (Phi) is 5.87. The molecule has 5 heteroatoms. The summed E-state index contributed by atoms with van der Waals surface area (Å²) in [6.07, 6.45) is 9.26. The summed E-state index contributed by atoms with van der Waals surface area (Å²) in [5, 5.41) is 12.1. The van der Waals surface area contributed by atoms with Crippen LogP contribution in [0.1, 0.15) is 54.4 Å². The van der Waals surface area contributed by atoms with E-state index in [0.717, 1.165) is 44.2 Å². The molecule has 0 radical (unpaired) electrons. The number of piperidine rings is 1. The number of nitrogens with one attached hydrogen (secondary N) is 1. The largest absolute Gasteiger partial charge is 0.396 e. The van der Waals surface area contributed by atoms with Gasteiger partial charge in [-0.05, 0) is 62.3 Å². The molecule has 2 aliphatic rings. The van der Waals surface area contributed by atoms with Crippen LogP contribution in [0.3, 0.4) is 0 Å². The number of aliphatic hydroxyl groups is 1. The van der Waals surface area contributed by atoms with Crippen LogP contribution in [0.2, 0.25) is 0 Å². The van der Waals surface area contributed by atoms with E-state index in [9.17, 15) is 9.59 Å². The molecule has 2 amide bonds. The van der Waals surface area contributed by atoms with Crippen molar-refractivity contribution in [3.8, 4) is 0 Å². The van der Waals surface area contributed by atoms with E-state index in [2.05, 4.69) is 5.32 Å². The minimum absolute atomic E-state index is 0.00583. The molecule has 0 aromatic heterocycles. The van der Waals surface area contributed by atoms with E-state index in [4.69, 9.17) is 5.11 Å². The summed E-state index contributed by atoms with van der Waals surface area (Å²) in [7, 11) is 0. The zero-order valence-electron chi connectivity index (χ0n) is 14.5. The molecular weight excluding hydrogens is 316 g/mol. The summed E-state index contributed by atoms with van der Waals surface area (Å²) in [5.74, 6) is -0.0389. The van der Waals surface area contributed by atoms with E-state index in [-0.39, 0.29) is 24.5 Å². The van der Waals surface area contributed by atoms with Gasteiger partial charge in [0, 0.05) is 36.9 Å². The molecule has 1 aliphatic heterocycles. The summed E-state index contributed by atoms with van der Waals surface area (Å²) < 4.78 is 0. The first-order chi connectivity index (χ1) is 12.2. The van der Waals surface area contributed by atoms with Crippen LogP contribution in [0.15, 0.2) is 30.3 Å². The predicted octanol–water partition coefficient (Wildman–Crippen LogP) is 2.36. The van der Waals surface area contributed by atoms with Crippen LogP contribution >= 0.6 is 0 Å². The first-order valence-electron chi connectivity index (χ1n) is 9.18. The molecule has 1 aliphatic carbocycles. The zero-order valence-corrected chi connectivity index (χ0v) is 14.5. The first-order valence-corrected chi connectivity index (χ1v) is 9.18. The van der Waals surface area contributed by atoms with Gasteiger partial charge in [0.2, 0.25) is 5.91 Å². The Labute approximate surface area is 148 Å². The van der Waals surface area contributed by atoms with Crippen LogP contribution in [0.4, 0.5) is 0 Å². The van der Waals surface area contributed by atoms with Crippen molar-refractivity contribution in [3.63, 3.8) is 0 Å². The highest BCUT2D eigenvalue weighted by Gasteiger charge is 2.25. The molecule has 3 rings (SSSR count). The molecule has 5 nitrogen and oxygen atoms in total. The van der Waals surface area contributed by atoms with Gasteiger partial charge in [0.25, 0.3) is 5.91 Å². The van der Waals surface area contributed by atoms with Gasteiger partial charge in [0.15, 0.2) is 0 Å². The van der Waals surface area contributed by atoms with Gasteiger partial charge in [-0.25, -0.2) is 0 Å². The molecule has 134 valence electrons. The van der Waals surface area contributed by atoms with Crippen molar-refractivity contribution in [1.29, 1.82) is 0 Å². The van der Waals surface area contributed by atoms with Crippen molar-refractivity contribution < 1.29 is 14.7 Å².